The zero-order valence-electron chi connectivity index (χ0n) is 16.9. The highest BCUT2D eigenvalue weighted by molar-refractivity contribution is 7.17. The Morgan fingerprint density at radius 3 is 2.87 bits per heavy atom. The first kappa shape index (κ1) is 20.4. The second-order valence-electron chi connectivity index (χ2n) is 7.12. The van der Waals surface area contributed by atoms with Crippen molar-refractivity contribution < 1.29 is 13.9 Å². The minimum atomic E-state index is -0.319. The predicted molar refractivity (Wildman–Crippen MR) is 114 cm³/mol. The van der Waals surface area contributed by atoms with Crippen molar-refractivity contribution in [3.8, 4) is 0 Å². The summed E-state index contributed by atoms with van der Waals surface area (Å²) < 4.78 is 19.9. The average molecular weight is 427 g/mol. The molecule has 2 aromatic heterocycles. The fourth-order valence-electron chi connectivity index (χ4n) is 3.47. The van der Waals surface area contributed by atoms with E-state index in [1.807, 2.05) is 31.2 Å². The van der Waals surface area contributed by atoms with E-state index in [-0.39, 0.29) is 17.8 Å². The highest BCUT2D eigenvalue weighted by Crippen LogP contribution is 2.27. The molecule has 3 heterocycles. The number of amides is 1. The van der Waals surface area contributed by atoms with Crippen LogP contribution in [0.15, 0.2) is 42.5 Å². The second kappa shape index (κ2) is 8.89. The zero-order valence-corrected chi connectivity index (χ0v) is 17.7. The average Bonchev–Trinajstić information content (AvgIpc) is 3.16. The van der Waals surface area contributed by atoms with Crippen LogP contribution in [0.25, 0.3) is 0 Å². The summed E-state index contributed by atoms with van der Waals surface area (Å²) in [6, 6.07) is 12.4. The Bertz CT molecular complexity index is 1060. The number of pyridine rings is 1. The molecule has 1 fully saturated rings. The molecule has 0 radical (unpaired) electrons. The maximum absolute atomic E-state index is 14.0. The molecule has 1 N–H and O–H groups in total. The van der Waals surface area contributed by atoms with Crippen molar-refractivity contribution in [1.29, 1.82) is 0 Å². The molecule has 1 atom stereocenters. The molecule has 30 heavy (non-hydrogen) atoms. The van der Waals surface area contributed by atoms with Crippen LogP contribution in [-0.2, 0) is 11.2 Å². The molecule has 0 unspecified atom stereocenters. The third-order valence-electron chi connectivity index (χ3n) is 5.05. The number of ether oxygens (including phenoxy) is 1. The Kier molecular flexibility index (Phi) is 6.06. The third-order valence-corrected chi connectivity index (χ3v) is 6.21. The predicted octanol–water partition coefficient (Wildman–Crippen LogP) is 3.83. The molecule has 6 nitrogen and oxygen atoms in total. The number of carbonyl (C=O) groups is 1. The van der Waals surface area contributed by atoms with Crippen LogP contribution in [0.2, 0.25) is 0 Å². The lowest BCUT2D eigenvalue weighted by Crippen LogP contribution is -2.42. The van der Waals surface area contributed by atoms with Gasteiger partial charge in [0.1, 0.15) is 16.8 Å². The number of hydrogen-bond donors (Lipinski definition) is 1. The number of anilines is 1. The number of aryl methyl sites for hydroxylation is 1. The molecule has 0 spiro atoms. The number of thiazole rings is 1. The van der Waals surface area contributed by atoms with Crippen molar-refractivity contribution in [2.75, 3.05) is 32.1 Å². The van der Waals surface area contributed by atoms with Gasteiger partial charge in [-0.15, -0.1) is 0 Å². The van der Waals surface area contributed by atoms with Gasteiger partial charge in [-0.05, 0) is 30.7 Å². The van der Waals surface area contributed by atoms with Gasteiger partial charge in [0, 0.05) is 25.7 Å². The number of carbonyl (C=O) groups excluding carboxylic acids is 1. The molecule has 156 valence electrons. The van der Waals surface area contributed by atoms with Crippen LogP contribution in [0.1, 0.15) is 38.4 Å². The van der Waals surface area contributed by atoms with E-state index >= 15 is 0 Å². The van der Waals surface area contributed by atoms with Crippen molar-refractivity contribution in [2.24, 2.45) is 0 Å². The fourth-order valence-corrected chi connectivity index (χ4v) is 4.36. The zero-order chi connectivity index (χ0) is 21.1. The normalized spacial score (nSPS) is 16.5. The number of nitrogens with zero attached hydrogens (tertiary/aromatic N) is 3. The molecule has 1 amide bonds. The van der Waals surface area contributed by atoms with Crippen molar-refractivity contribution in [2.45, 2.75) is 19.4 Å². The Morgan fingerprint density at radius 2 is 2.10 bits per heavy atom. The van der Waals surface area contributed by atoms with Gasteiger partial charge in [0.05, 0.1) is 24.5 Å². The highest BCUT2D eigenvalue weighted by Gasteiger charge is 2.29. The molecule has 0 bridgehead atoms. The first-order valence-corrected chi connectivity index (χ1v) is 10.6. The second-order valence-corrected chi connectivity index (χ2v) is 8.12. The van der Waals surface area contributed by atoms with Crippen LogP contribution in [0.4, 0.5) is 9.52 Å². The number of halogens is 1. The first-order chi connectivity index (χ1) is 14.5. The van der Waals surface area contributed by atoms with Gasteiger partial charge in [-0.25, -0.2) is 9.37 Å². The summed E-state index contributed by atoms with van der Waals surface area (Å²) in [7, 11) is 1.79. The van der Waals surface area contributed by atoms with Gasteiger partial charge >= 0.3 is 0 Å². The molecule has 1 aliphatic heterocycles. The molecule has 8 heteroatoms. The molecular formula is C22H23FN4O2S. The number of rotatable bonds is 5. The van der Waals surface area contributed by atoms with Gasteiger partial charge in [0.2, 0.25) is 0 Å². The van der Waals surface area contributed by atoms with Crippen LogP contribution in [0.3, 0.4) is 0 Å². The Morgan fingerprint density at radius 1 is 1.27 bits per heavy atom. The molecule has 1 saturated heterocycles. The molecule has 3 aromatic rings. The molecule has 4 rings (SSSR count). The molecular weight excluding hydrogens is 403 g/mol. The number of aromatic nitrogens is 2. The van der Waals surface area contributed by atoms with E-state index in [9.17, 15) is 9.18 Å². The monoisotopic (exact) mass is 426 g/mol. The maximum Gasteiger partial charge on any atom is 0.266 e. The van der Waals surface area contributed by atoms with Crippen LogP contribution in [0.5, 0.6) is 0 Å². The maximum atomic E-state index is 14.0. The summed E-state index contributed by atoms with van der Waals surface area (Å²) in [5, 5.41) is 3.71. The molecule has 1 aromatic carbocycles. The number of hydrogen-bond acceptors (Lipinski definition) is 6. The van der Waals surface area contributed by atoms with Crippen LogP contribution < -0.4 is 5.32 Å². The van der Waals surface area contributed by atoms with Crippen molar-refractivity contribution in [3.63, 3.8) is 0 Å². The lowest BCUT2D eigenvalue weighted by molar-refractivity contribution is -0.0246. The number of nitrogens with one attached hydrogen (secondary N) is 1. The Hall–Kier alpha value is -2.84. The fraction of sp³-hybridized carbons (Fsp3) is 0.318. The summed E-state index contributed by atoms with van der Waals surface area (Å²) in [6.07, 6.45) is 0.0863. The Labute approximate surface area is 178 Å². The third kappa shape index (κ3) is 4.34. The van der Waals surface area contributed by atoms with Gasteiger partial charge in [-0.2, -0.15) is 0 Å². The van der Waals surface area contributed by atoms with Crippen molar-refractivity contribution >= 4 is 22.4 Å². The van der Waals surface area contributed by atoms with Crippen LogP contribution in [-0.4, -0.2) is 47.5 Å². The summed E-state index contributed by atoms with van der Waals surface area (Å²) in [4.78, 5) is 24.5. The van der Waals surface area contributed by atoms with Gasteiger partial charge in [-0.3, -0.25) is 9.78 Å². The number of benzene rings is 1. The smallest absolute Gasteiger partial charge is 0.266 e. The molecule has 1 aliphatic rings. The van der Waals surface area contributed by atoms with E-state index in [4.69, 9.17) is 4.74 Å². The SMILES string of the molecule is CNc1nc(C)c(C(=O)N2CCO[C@H](c3cccc(Cc4ccccc4F)n3)C2)s1. The lowest BCUT2D eigenvalue weighted by Gasteiger charge is -2.32. The van der Waals surface area contributed by atoms with E-state index < -0.39 is 0 Å². The van der Waals surface area contributed by atoms with E-state index in [0.717, 1.165) is 22.2 Å². The number of morpholine rings is 1. The van der Waals surface area contributed by atoms with Crippen molar-refractivity contribution in [1.82, 2.24) is 14.9 Å². The summed E-state index contributed by atoms with van der Waals surface area (Å²) in [5.74, 6) is -0.279. The van der Waals surface area contributed by atoms with Crippen LogP contribution in [0, 0.1) is 12.7 Å². The summed E-state index contributed by atoms with van der Waals surface area (Å²) in [5.41, 5.74) is 2.84. The largest absolute Gasteiger partial charge is 0.368 e. The highest BCUT2D eigenvalue weighted by atomic mass is 32.1. The Balaban J connectivity index is 1.50. The molecule has 0 aliphatic carbocycles. The summed E-state index contributed by atoms with van der Waals surface area (Å²) in [6.45, 7) is 3.22. The van der Waals surface area contributed by atoms with E-state index in [1.165, 1.54) is 17.4 Å². The van der Waals surface area contributed by atoms with Gasteiger partial charge in [0.15, 0.2) is 5.13 Å². The van der Waals surface area contributed by atoms with Gasteiger partial charge in [-0.1, -0.05) is 35.6 Å². The standard InChI is InChI=1S/C22H23FN4O2S/c1-14-20(30-22(24-2)25-14)21(28)27-10-11-29-19(13-27)18-9-5-7-16(26-18)12-15-6-3-4-8-17(15)23/h3-9,19H,10-13H2,1-2H3,(H,24,25)/t19-/m0/s1. The van der Waals surface area contributed by atoms with E-state index in [1.54, 1.807) is 24.1 Å². The van der Waals surface area contributed by atoms with Gasteiger partial charge < -0.3 is 15.0 Å². The van der Waals surface area contributed by atoms with E-state index in [0.29, 0.717) is 36.6 Å². The first-order valence-electron chi connectivity index (χ1n) is 9.80. The summed E-state index contributed by atoms with van der Waals surface area (Å²) >= 11 is 1.36. The van der Waals surface area contributed by atoms with Crippen LogP contribution >= 0.6 is 11.3 Å². The van der Waals surface area contributed by atoms with E-state index in [2.05, 4.69) is 15.3 Å². The topological polar surface area (TPSA) is 67.4 Å². The van der Waals surface area contributed by atoms with Crippen molar-refractivity contribution in [3.05, 3.63) is 75.8 Å². The quantitative estimate of drug-likeness (QED) is 0.672. The van der Waals surface area contributed by atoms with Gasteiger partial charge in [0.25, 0.3) is 5.91 Å². The minimum absolute atomic E-state index is 0.0395. The minimum Gasteiger partial charge on any atom is -0.368 e. The lowest BCUT2D eigenvalue weighted by atomic mass is 10.1. The molecule has 0 saturated carbocycles.